The topological polar surface area (TPSA) is 175 Å². The molecule has 0 bridgehead atoms. The van der Waals surface area contributed by atoms with E-state index >= 15 is 0 Å². The van der Waals surface area contributed by atoms with Gasteiger partial charge in [-0.15, -0.1) is 0 Å². The zero-order chi connectivity index (χ0) is 61.0. The number of carbonyl (C=O) groups is 2. The fraction of sp³-hybridized carbons (Fsp3) is 0.781. The Hall–Kier alpha value is -3.16. The second-order valence-corrected chi connectivity index (χ2v) is 23.9. The van der Waals surface area contributed by atoms with Gasteiger partial charge in [-0.2, -0.15) is 0 Å². The van der Waals surface area contributed by atoms with E-state index in [0.29, 0.717) is 12.8 Å². The Labute approximate surface area is 514 Å². The minimum Gasteiger partial charge on any atom is -0.454 e. The third-order valence-corrected chi connectivity index (χ3v) is 16.0. The summed E-state index contributed by atoms with van der Waals surface area (Å²) in [6, 6.07) is -1.03. The Kier molecular flexibility index (Phi) is 56.5. The lowest BCUT2D eigenvalue weighted by molar-refractivity contribution is -0.305. The number of hydrogen-bond donors (Lipinski definition) is 6. The van der Waals surface area contributed by atoms with Crippen LogP contribution in [0.5, 0.6) is 0 Å². The fourth-order valence-electron chi connectivity index (χ4n) is 10.5. The summed E-state index contributed by atoms with van der Waals surface area (Å²) < 4.78 is 17.7. The molecule has 0 aliphatic carbocycles. The highest BCUT2D eigenvalue weighted by molar-refractivity contribution is 5.80. The summed E-state index contributed by atoms with van der Waals surface area (Å²) in [4.78, 5) is 26.6. The van der Waals surface area contributed by atoms with Gasteiger partial charge in [0.25, 0.3) is 0 Å². The van der Waals surface area contributed by atoms with Crippen LogP contribution in [0.25, 0.3) is 0 Å². The quantitative estimate of drug-likeness (QED) is 0.0195. The van der Waals surface area contributed by atoms with Gasteiger partial charge in [0.15, 0.2) is 12.4 Å². The minimum atomic E-state index is -1.62. The maximum absolute atomic E-state index is 13.5. The molecule has 1 fully saturated rings. The molecule has 0 spiro atoms. The summed E-state index contributed by atoms with van der Waals surface area (Å²) in [7, 11) is 0. The summed E-state index contributed by atoms with van der Waals surface area (Å²) in [5.74, 6) is -1.20. The predicted octanol–water partition coefficient (Wildman–Crippen LogP) is 17.7. The van der Waals surface area contributed by atoms with E-state index in [9.17, 15) is 35.1 Å². The normalized spacial score (nSPS) is 19.0. The summed E-state index contributed by atoms with van der Waals surface area (Å²) in [5.41, 5.74) is 0. The van der Waals surface area contributed by atoms with Crippen LogP contribution in [0.4, 0.5) is 0 Å². The summed E-state index contributed by atoms with van der Waals surface area (Å²) in [6.45, 7) is 5.75. The van der Waals surface area contributed by atoms with Crippen LogP contribution in [0.1, 0.15) is 303 Å². The molecule has 8 unspecified atom stereocenters. The zero-order valence-corrected chi connectivity index (χ0v) is 54.0. The Morgan fingerprint density at radius 1 is 0.464 bits per heavy atom. The van der Waals surface area contributed by atoms with Gasteiger partial charge in [0, 0.05) is 6.42 Å². The predicted molar refractivity (Wildman–Crippen MR) is 352 cm³/mol. The Morgan fingerprint density at radius 2 is 0.821 bits per heavy atom. The van der Waals surface area contributed by atoms with Gasteiger partial charge in [-0.25, -0.2) is 0 Å². The van der Waals surface area contributed by atoms with Crippen molar-refractivity contribution in [3.8, 4) is 0 Å². The lowest BCUT2D eigenvalue weighted by atomic mass is 9.99. The van der Waals surface area contributed by atoms with Crippen molar-refractivity contribution in [2.24, 2.45) is 0 Å². The lowest BCUT2D eigenvalue weighted by Crippen LogP contribution is -2.61. The minimum absolute atomic E-state index is 0.112. The van der Waals surface area contributed by atoms with Crippen LogP contribution in [-0.4, -0.2) is 99.6 Å². The van der Waals surface area contributed by atoms with E-state index in [0.717, 1.165) is 103 Å². The maximum atomic E-state index is 13.5. The molecule has 1 aliphatic heterocycles. The SMILES string of the molecule is CCCCC/C=C\C/C=C\C/C=C\C/C=C\CCCCCCCCCCCCC(O)C(=O)NC(COC1OC(CO)C(O)C(O)C1OC(=O)CCCCCCCCC/C=C\C/C=C\CCCCC)C(O)/C=C/CCCCCCCCCCCC. The van der Waals surface area contributed by atoms with Crippen LogP contribution >= 0.6 is 0 Å². The van der Waals surface area contributed by atoms with Crippen molar-refractivity contribution in [3.63, 3.8) is 0 Å². The van der Waals surface area contributed by atoms with Gasteiger partial charge in [0.2, 0.25) is 5.91 Å². The third-order valence-electron chi connectivity index (χ3n) is 16.0. The first-order chi connectivity index (χ1) is 41.2. The van der Waals surface area contributed by atoms with Gasteiger partial charge in [0.05, 0.1) is 25.4 Å². The lowest BCUT2D eigenvalue weighted by Gasteiger charge is -2.41. The molecule has 11 nitrogen and oxygen atoms in total. The largest absolute Gasteiger partial charge is 0.454 e. The molecule has 11 heteroatoms. The maximum Gasteiger partial charge on any atom is 0.306 e. The van der Waals surface area contributed by atoms with E-state index in [1.54, 1.807) is 6.08 Å². The first-order valence-corrected chi connectivity index (χ1v) is 34.9. The van der Waals surface area contributed by atoms with Crippen molar-refractivity contribution in [2.75, 3.05) is 13.2 Å². The van der Waals surface area contributed by atoms with Gasteiger partial charge < -0.3 is 45.1 Å². The molecular formula is C73H129NO10. The van der Waals surface area contributed by atoms with E-state index < -0.39 is 67.4 Å². The second kappa shape index (κ2) is 60.1. The number of unbranched alkanes of at least 4 members (excludes halogenated alkanes) is 33. The fourth-order valence-corrected chi connectivity index (χ4v) is 10.5. The zero-order valence-electron chi connectivity index (χ0n) is 54.0. The van der Waals surface area contributed by atoms with Gasteiger partial charge >= 0.3 is 5.97 Å². The molecular weight excluding hydrogens is 1050 g/mol. The van der Waals surface area contributed by atoms with E-state index in [4.69, 9.17) is 14.2 Å². The molecule has 0 aromatic carbocycles. The molecule has 0 radical (unpaired) electrons. The molecule has 8 atom stereocenters. The molecule has 0 saturated carbocycles. The Morgan fingerprint density at radius 3 is 1.25 bits per heavy atom. The number of aliphatic hydroxyl groups excluding tert-OH is 5. The van der Waals surface area contributed by atoms with E-state index in [1.165, 1.54) is 154 Å². The van der Waals surface area contributed by atoms with Crippen LogP contribution in [0.3, 0.4) is 0 Å². The Bertz CT molecular complexity index is 1690. The van der Waals surface area contributed by atoms with Crippen LogP contribution in [0, 0.1) is 0 Å². The number of allylic oxidation sites excluding steroid dienone is 13. The summed E-state index contributed by atoms with van der Waals surface area (Å²) in [6.07, 6.45) is 69.0. The van der Waals surface area contributed by atoms with E-state index in [1.807, 2.05) is 6.08 Å². The second-order valence-electron chi connectivity index (χ2n) is 23.9. The molecule has 84 heavy (non-hydrogen) atoms. The molecule has 0 aromatic rings. The molecule has 1 rings (SSSR count). The average molecular weight is 1180 g/mol. The highest BCUT2D eigenvalue weighted by atomic mass is 16.7. The summed E-state index contributed by atoms with van der Waals surface area (Å²) in [5, 5.41) is 57.2. The number of rotatable bonds is 59. The van der Waals surface area contributed by atoms with Crippen molar-refractivity contribution in [1.29, 1.82) is 0 Å². The third kappa shape index (κ3) is 47.0. The number of aliphatic hydroxyl groups is 5. The van der Waals surface area contributed by atoms with Crippen molar-refractivity contribution >= 4 is 11.9 Å². The Balaban J connectivity index is 2.59. The molecule has 6 N–H and O–H groups in total. The van der Waals surface area contributed by atoms with Crippen molar-refractivity contribution in [3.05, 3.63) is 85.1 Å². The van der Waals surface area contributed by atoms with Gasteiger partial charge in [-0.1, -0.05) is 279 Å². The van der Waals surface area contributed by atoms with Crippen LogP contribution in [0.2, 0.25) is 0 Å². The number of carbonyl (C=O) groups excluding carboxylic acids is 2. The smallest absolute Gasteiger partial charge is 0.306 e. The van der Waals surface area contributed by atoms with Crippen molar-refractivity contribution in [2.45, 2.75) is 352 Å². The first-order valence-electron chi connectivity index (χ1n) is 34.9. The van der Waals surface area contributed by atoms with Gasteiger partial charge in [0.1, 0.15) is 24.4 Å². The molecule has 1 heterocycles. The van der Waals surface area contributed by atoms with Crippen LogP contribution in [0.15, 0.2) is 85.1 Å². The number of esters is 1. The average Bonchev–Trinajstić information content (AvgIpc) is 3.67. The molecule has 486 valence electrons. The van der Waals surface area contributed by atoms with Gasteiger partial charge in [-0.3, -0.25) is 9.59 Å². The van der Waals surface area contributed by atoms with Crippen LogP contribution < -0.4 is 5.32 Å². The van der Waals surface area contributed by atoms with Crippen molar-refractivity contribution in [1.82, 2.24) is 5.32 Å². The standard InChI is InChI=1S/C73H129NO10/c1-4-7-10-13-16-19-22-25-27-29-30-31-32-33-34-35-36-37-39-40-42-45-48-51-54-57-60-66(77)72(81)74-64(65(76)59-56-53-50-47-44-24-21-18-15-12-9-6-3)63-82-73-71(70(80)69(79)67(62-75)83-73)84-68(78)61-58-55-52-49-46-43-41-38-28-26-23-20-17-14-11-8-5-2/h16-17,19-20,25-28,30-31,33-34,56,59,64-67,69-71,73,75-77,79-80H,4-15,18,21-24,29,32,35-55,57-58,60-63H2,1-3H3,(H,74,81)/b19-16-,20-17-,27-25-,28-26-,31-30-,34-33-,59-56+. The van der Waals surface area contributed by atoms with E-state index in [-0.39, 0.29) is 19.4 Å². The first kappa shape index (κ1) is 78.9. The van der Waals surface area contributed by atoms with E-state index in [2.05, 4.69) is 99.0 Å². The monoisotopic (exact) mass is 1180 g/mol. The highest BCUT2D eigenvalue weighted by Gasteiger charge is 2.47. The highest BCUT2D eigenvalue weighted by Crippen LogP contribution is 2.26. The number of hydrogen-bond acceptors (Lipinski definition) is 10. The number of ether oxygens (including phenoxy) is 3. The van der Waals surface area contributed by atoms with Gasteiger partial charge in [-0.05, 0) is 103 Å². The molecule has 1 amide bonds. The molecule has 1 aliphatic rings. The summed E-state index contributed by atoms with van der Waals surface area (Å²) >= 11 is 0. The number of amides is 1. The molecule has 0 aromatic heterocycles. The number of nitrogens with one attached hydrogen (secondary N) is 1. The molecule has 1 saturated heterocycles. The van der Waals surface area contributed by atoms with Crippen molar-refractivity contribution < 1.29 is 49.3 Å². The van der Waals surface area contributed by atoms with Crippen LogP contribution in [-0.2, 0) is 23.8 Å².